The zero-order chi connectivity index (χ0) is 8.20. The molecule has 0 fully saturated rings. The van der Waals surface area contributed by atoms with E-state index < -0.39 is 8.07 Å². The maximum Gasteiger partial charge on any atom is 0.0683 e. The summed E-state index contributed by atoms with van der Waals surface area (Å²) in [5.41, 5.74) is 2.36. The predicted octanol–water partition coefficient (Wildman–Crippen LogP) is 3.24. The van der Waals surface area contributed by atoms with Crippen LogP contribution in [-0.4, -0.2) is 8.07 Å². The third-order valence-electron chi connectivity index (χ3n) is 1.27. The highest BCUT2D eigenvalue weighted by atomic mass is 28.3. The van der Waals surface area contributed by atoms with Crippen molar-refractivity contribution in [1.82, 2.24) is 0 Å². The lowest BCUT2D eigenvalue weighted by molar-refractivity contribution is 0.945. The molecular weight excluding hydrogens is 136 g/mol. The second kappa shape index (κ2) is 3.77. The smallest absolute Gasteiger partial charge is 0.0683 e. The second-order valence-corrected chi connectivity index (χ2v) is 8.89. The minimum absolute atomic E-state index is 0.534. The average Bonchev–Trinajstić information content (AvgIpc) is 1.81. The first-order valence-electron chi connectivity index (χ1n) is 3.77. The van der Waals surface area contributed by atoms with Gasteiger partial charge in [0, 0.05) is 0 Å². The molecule has 0 radical (unpaired) electrons. The Balaban J connectivity index is 3.87. The summed E-state index contributed by atoms with van der Waals surface area (Å²) in [4.78, 5) is 0. The highest BCUT2D eigenvalue weighted by molar-refractivity contribution is 6.80. The average molecular weight is 154 g/mol. The van der Waals surface area contributed by atoms with Crippen LogP contribution in [0, 0.1) is 5.92 Å². The Hall–Kier alpha value is -0.303. The monoisotopic (exact) mass is 154 g/mol. The molecule has 0 bridgehead atoms. The van der Waals surface area contributed by atoms with Gasteiger partial charge in [-0.1, -0.05) is 44.4 Å². The van der Waals surface area contributed by atoms with Crippen molar-refractivity contribution in [3.05, 3.63) is 24.4 Å². The van der Waals surface area contributed by atoms with Crippen molar-refractivity contribution in [2.75, 3.05) is 0 Å². The van der Waals surface area contributed by atoms with Gasteiger partial charge in [0.15, 0.2) is 0 Å². The lowest BCUT2D eigenvalue weighted by Gasteiger charge is -2.08. The SMILES string of the molecule is C=CC(C)/C=C/[Si](C)(C)C. The van der Waals surface area contributed by atoms with Crippen molar-refractivity contribution in [1.29, 1.82) is 0 Å². The molecule has 0 aromatic heterocycles. The van der Waals surface area contributed by atoms with Gasteiger partial charge in [0.1, 0.15) is 0 Å². The number of hydrogen-bond donors (Lipinski definition) is 0. The van der Waals surface area contributed by atoms with Crippen LogP contribution in [0.2, 0.25) is 19.6 Å². The lowest BCUT2D eigenvalue weighted by atomic mass is 10.2. The van der Waals surface area contributed by atoms with Gasteiger partial charge in [-0.2, -0.15) is 0 Å². The van der Waals surface area contributed by atoms with Crippen LogP contribution in [0.5, 0.6) is 0 Å². The van der Waals surface area contributed by atoms with E-state index in [9.17, 15) is 0 Å². The van der Waals surface area contributed by atoms with E-state index in [1.807, 2.05) is 6.08 Å². The fourth-order valence-electron chi connectivity index (χ4n) is 0.519. The van der Waals surface area contributed by atoms with Crippen molar-refractivity contribution in [2.24, 2.45) is 5.92 Å². The molecule has 0 aromatic rings. The highest BCUT2D eigenvalue weighted by Gasteiger charge is 2.06. The fraction of sp³-hybridized carbons (Fsp3) is 0.556. The summed E-state index contributed by atoms with van der Waals surface area (Å²) in [6.45, 7) is 12.9. The van der Waals surface area contributed by atoms with Gasteiger partial charge in [0.25, 0.3) is 0 Å². The van der Waals surface area contributed by atoms with Crippen LogP contribution in [0.25, 0.3) is 0 Å². The van der Waals surface area contributed by atoms with Crippen molar-refractivity contribution in [3.63, 3.8) is 0 Å². The summed E-state index contributed by atoms with van der Waals surface area (Å²) in [6, 6.07) is 0. The van der Waals surface area contributed by atoms with Gasteiger partial charge in [0.2, 0.25) is 0 Å². The first kappa shape index (κ1) is 9.70. The topological polar surface area (TPSA) is 0 Å². The quantitative estimate of drug-likeness (QED) is 0.432. The molecule has 1 unspecified atom stereocenters. The van der Waals surface area contributed by atoms with Gasteiger partial charge in [-0.05, 0) is 5.92 Å². The molecule has 0 saturated carbocycles. The van der Waals surface area contributed by atoms with Crippen LogP contribution in [0.4, 0.5) is 0 Å². The van der Waals surface area contributed by atoms with E-state index in [0.717, 1.165) is 0 Å². The van der Waals surface area contributed by atoms with Crippen molar-refractivity contribution in [3.8, 4) is 0 Å². The molecule has 58 valence electrons. The van der Waals surface area contributed by atoms with Gasteiger partial charge >= 0.3 is 0 Å². The Labute approximate surface area is 65.7 Å². The molecule has 0 aromatic carbocycles. The second-order valence-electron chi connectivity index (χ2n) is 3.82. The Morgan fingerprint density at radius 1 is 1.30 bits per heavy atom. The third-order valence-corrected chi connectivity index (χ3v) is 2.46. The van der Waals surface area contributed by atoms with Crippen LogP contribution in [0.3, 0.4) is 0 Å². The van der Waals surface area contributed by atoms with E-state index in [-0.39, 0.29) is 0 Å². The zero-order valence-electron chi connectivity index (χ0n) is 7.52. The largest absolute Gasteiger partial charge is 0.103 e. The number of hydrogen-bond acceptors (Lipinski definition) is 0. The zero-order valence-corrected chi connectivity index (χ0v) is 8.52. The molecule has 0 aliphatic heterocycles. The van der Waals surface area contributed by atoms with Crippen molar-refractivity contribution >= 4 is 8.07 Å². The Bertz CT molecular complexity index is 128. The summed E-state index contributed by atoms with van der Waals surface area (Å²) in [6.07, 6.45) is 4.22. The summed E-state index contributed by atoms with van der Waals surface area (Å²) >= 11 is 0. The van der Waals surface area contributed by atoms with E-state index in [4.69, 9.17) is 0 Å². The predicted molar refractivity (Wildman–Crippen MR) is 51.8 cm³/mol. The van der Waals surface area contributed by atoms with Crippen LogP contribution in [0.15, 0.2) is 24.4 Å². The molecule has 0 rings (SSSR count). The van der Waals surface area contributed by atoms with Gasteiger partial charge in [-0.15, -0.1) is 6.58 Å². The van der Waals surface area contributed by atoms with E-state index >= 15 is 0 Å². The lowest BCUT2D eigenvalue weighted by Crippen LogP contribution is -2.15. The summed E-state index contributed by atoms with van der Waals surface area (Å²) in [7, 11) is -0.965. The summed E-state index contributed by atoms with van der Waals surface area (Å²) in [5.74, 6) is 0.534. The molecule has 10 heavy (non-hydrogen) atoms. The van der Waals surface area contributed by atoms with E-state index in [1.54, 1.807) is 0 Å². The van der Waals surface area contributed by atoms with Crippen LogP contribution < -0.4 is 0 Å². The van der Waals surface area contributed by atoms with E-state index in [1.165, 1.54) is 0 Å². The van der Waals surface area contributed by atoms with E-state index in [2.05, 4.69) is 44.9 Å². The summed E-state index contributed by atoms with van der Waals surface area (Å²) in [5, 5.41) is 0. The Kier molecular flexibility index (Phi) is 3.65. The summed E-state index contributed by atoms with van der Waals surface area (Å²) < 4.78 is 0. The molecule has 0 spiro atoms. The molecule has 0 aliphatic rings. The van der Waals surface area contributed by atoms with Gasteiger partial charge in [-0.3, -0.25) is 0 Å². The van der Waals surface area contributed by atoms with Gasteiger partial charge < -0.3 is 0 Å². The maximum absolute atomic E-state index is 3.73. The van der Waals surface area contributed by atoms with Crippen molar-refractivity contribution in [2.45, 2.75) is 26.6 Å². The molecular formula is C9H18Si. The molecule has 1 atom stereocenters. The minimum Gasteiger partial charge on any atom is -0.103 e. The van der Waals surface area contributed by atoms with Gasteiger partial charge in [-0.25, -0.2) is 0 Å². The molecule has 0 amide bonds. The fourth-order valence-corrected chi connectivity index (χ4v) is 1.40. The molecule has 0 heterocycles. The molecule has 0 N–H and O–H groups in total. The number of allylic oxidation sites excluding steroid dienone is 2. The van der Waals surface area contributed by atoms with E-state index in [0.29, 0.717) is 5.92 Å². The first-order valence-corrected chi connectivity index (χ1v) is 7.35. The highest BCUT2D eigenvalue weighted by Crippen LogP contribution is 2.05. The molecule has 0 nitrogen and oxygen atoms in total. The third kappa shape index (κ3) is 5.83. The normalized spacial score (nSPS) is 15.6. The Morgan fingerprint density at radius 3 is 2.10 bits per heavy atom. The van der Waals surface area contributed by atoms with Crippen LogP contribution in [-0.2, 0) is 0 Å². The molecule has 0 aliphatic carbocycles. The Morgan fingerprint density at radius 2 is 1.80 bits per heavy atom. The number of rotatable bonds is 3. The maximum atomic E-state index is 3.73. The standard InChI is InChI=1S/C9H18Si/c1-6-9(2)7-8-10(3,4)5/h6-9H,1H2,2-5H3/b8-7+. The van der Waals surface area contributed by atoms with Crippen LogP contribution >= 0.6 is 0 Å². The first-order chi connectivity index (χ1) is 4.45. The minimum atomic E-state index is -0.965. The van der Waals surface area contributed by atoms with Crippen molar-refractivity contribution < 1.29 is 0 Å². The molecule has 0 saturated heterocycles. The van der Waals surface area contributed by atoms with Gasteiger partial charge in [0.05, 0.1) is 8.07 Å². The molecule has 1 heteroatoms. The van der Waals surface area contributed by atoms with Crippen LogP contribution in [0.1, 0.15) is 6.92 Å².